The van der Waals surface area contributed by atoms with Gasteiger partial charge >= 0.3 is 0 Å². The third-order valence-electron chi connectivity index (χ3n) is 3.58. The number of hydrogen-bond donors (Lipinski definition) is 2. The van der Waals surface area contributed by atoms with Crippen LogP contribution in [0.2, 0.25) is 0 Å². The van der Waals surface area contributed by atoms with Gasteiger partial charge in [-0.05, 0) is 30.5 Å². The van der Waals surface area contributed by atoms with Gasteiger partial charge in [-0.2, -0.15) is 0 Å². The van der Waals surface area contributed by atoms with Gasteiger partial charge in [-0.3, -0.25) is 9.78 Å². The van der Waals surface area contributed by atoms with Crippen LogP contribution < -0.4 is 10.6 Å². The van der Waals surface area contributed by atoms with E-state index in [1.165, 1.54) is 0 Å². The SMILES string of the molecule is O=C(NCc1cccnc1)c1ccnc(NCC2CCCO2)n1. The Morgan fingerprint density at radius 1 is 1.35 bits per heavy atom. The number of carbonyl (C=O) groups excluding carboxylic acids is 1. The normalized spacial score (nSPS) is 17.0. The van der Waals surface area contributed by atoms with E-state index in [1.54, 1.807) is 24.7 Å². The van der Waals surface area contributed by atoms with E-state index in [1.807, 2.05) is 12.1 Å². The van der Waals surface area contributed by atoms with Gasteiger partial charge < -0.3 is 15.4 Å². The van der Waals surface area contributed by atoms with Crippen LogP contribution in [0.25, 0.3) is 0 Å². The maximum atomic E-state index is 12.2. The van der Waals surface area contributed by atoms with E-state index in [9.17, 15) is 4.79 Å². The van der Waals surface area contributed by atoms with Crippen molar-refractivity contribution in [3.8, 4) is 0 Å². The zero-order valence-electron chi connectivity index (χ0n) is 12.7. The Bertz CT molecular complexity index is 644. The number of ether oxygens (including phenoxy) is 1. The molecule has 1 saturated heterocycles. The van der Waals surface area contributed by atoms with Gasteiger partial charge in [0.05, 0.1) is 6.10 Å². The smallest absolute Gasteiger partial charge is 0.270 e. The average Bonchev–Trinajstić information content (AvgIpc) is 3.12. The largest absolute Gasteiger partial charge is 0.376 e. The highest BCUT2D eigenvalue weighted by molar-refractivity contribution is 5.92. The molecule has 0 aliphatic carbocycles. The molecule has 120 valence electrons. The van der Waals surface area contributed by atoms with Gasteiger partial charge in [0.2, 0.25) is 5.95 Å². The van der Waals surface area contributed by atoms with Crippen molar-refractivity contribution < 1.29 is 9.53 Å². The van der Waals surface area contributed by atoms with Crippen molar-refractivity contribution in [3.05, 3.63) is 48.0 Å². The summed E-state index contributed by atoms with van der Waals surface area (Å²) in [5.74, 6) is 0.200. The molecule has 23 heavy (non-hydrogen) atoms. The third kappa shape index (κ3) is 4.46. The fourth-order valence-corrected chi connectivity index (χ4v) is 2.36. The molecule has 2 aromatic rings. The number of aromatic nitrogens is 3. The standard InChI is InChI=1S/C16H19N5O2/c22-15(19-10-12-3-1-6-17-9-12)14-5-7-18-16(21-14)20-11-13-4-2-8-23-13/h1,3,5-7,9,13H,2,4,8,10-11H2,(H,19,22)(H,18,20,21). The molecule has 1 aliphatic heterocycles. The van der Waals surface area contributed by atoms with Crippen LogP contribution in [0.3, 0.4) is 0 Å². The van der Waals surface area contributed by atoms with Gasteiger partial charge in [-0.1, -0.05) is 6.07 Å². The minimum atomic E-state index is -0.239. The molecule has 0 aromatic carbocycles. The van der Waals surface area contributed by atoms with Gasteiger partial charge in [0.1, 0.15) is 5.69 Å². The molecule has 7 heteroatoms. The van der Waals surface area contributed by atoms with Crippen LogP contribution in [0.1, 0.15) is 28.9 Å². The lowest BCUT2D eigenvalue weighted by Crippen LogP contribution is -2.25. The second-order valence-electron chi connectivity index (χ2n) is 5.33. The van der Waals surface area contributed by atoms with E-state index in [-0.39, 0.29) is 12.0 Å². The second-order valence-corrected chi connectivity index (χ2v) is 5.33. The lowest BCUT2D eigenvalue weighted by molar-refractivity contribution is 0.0946. The Morgan fingerprint density at radius 2 is 2.30 bits per heavy atom. The van der Waals surface area contributed by atoms with Crippen LogP contribution in [0.4, 0.5) is 5.95 Å². The molecule has 0 bridgehead atoms. The number of nitrogens with one attached hydrogen (secondary N) is 2. The monoisotopic (exact) mass is 313 g/mol. The maximum Gasteiger partial charge on any atom is 0.270 e. The zero-order valence-corrected chi connectivity index (χ0v) is 12.7. The third-order valence-corrected chi connectivity index (χ3v) is 3.58. The lowest BCUT2D eigenvalue weighted by Gasteiger charge is -2.11. The number of amides is 1. The summed E-state index contributed by atoms with van der Waals surface area (Å²) in [5.41, 5.74) is 1.27. The molecule has 2 N–H and O–H groups in total. The Labute approximate surface area is 134 Å². The average molecular weight is 313 g/mol. The number of carbonyl (C=O) groups is 1. The molecular weight excluding hydrogens is 294 g/mol. The van der Waals surface area contributed by atoms with Gasteiger partial charge in [0.15, 0.2) is 0 Å². The van der Waals surface area contributed by atoms with E-state index in [2.05, 4.69) is 25.6 Å². The number of hydrogen-bond acceptors (Lipinski definition) is 6. The minimum Gasteiger partial charge on any atom is -0.376 e. The fourth-order valence-electron chi connectivity index (χ4n) is 2.36. The predicted molar refractivity (Wildman–Crippen MR) is 84.9 cm³/mol. The summed E-state index contributed by atoms with van der Waals surface area (Å²) >= 11 is 0. The number of anilines is 1. The van der Waals surface area contributed by atoms with E-state index in [0.29, 0.717) is 24.7 Å². The van der Waals surface area contributed by atoms with Gasteiger partial charge in [0, 0.05) is 38.3 Å². The molecule has 1 amide bonds. The molecular formula is C16H19N5O2. The molecule has 1 aliphatic rings. The molecule has 1 atom stereocenters. The first-order chi connectivity index (χ1) is 11.3. The summed E-state index contributed by atoms with van der Waals surface area (Å²) in [5, 5.41) is 5.94. The Hall–Kier alpha value is -2.54. The van der Waals surface area contributed by atoms with Crippen molar-refractivity contribution >= 4 is 11.9 Å². The predicted octanol–water partition coefficient (Wildman–Crippen LogP) is 1.39. The Kier molecular flexibility index (Phi) is 5.10. The van der Waals surface area contributed by atoms with E-state index < -0.39 is 0 Å². The van der Waals surface area contributed by atoms with E-state index >= 15 is 0 Å². The second kappa shape index (κ2) is 7.64. The minimum absolute atomic E-state index is 0.196. The van der Waals surface area contributed by atoms with Gasteiger partial charge in [0.25, 0.3) is 5.91 Å². The van der Waals surface area contributed by atoms with Crippen molar-refractivity contribution in [1.82, 2.24) is 20.3 Å². The molecule has 0 radical (unpaired) electrons. The van der Waals surface area contributed by atoms with Crippen molar-refractivity contribution in [2.24, 2.45) is 0 Å². The van der Waals surface area contributed by atoms with Gasteiger partial charge in [-0.25, -0.2) is 9.97 Å². The summed E-state index contributed by atoms with van der Waals surface area (Å²) in [7, 11) is 0. The zero-order chi connectivity index (χ0) is 15.9. The number of pyridine rings is 1. The summed E-state index contributed by atoms with van der Waals surface area (Å²) in [6.45, 7) is 1.88. The Balaban J connectivity index is 1.54. The molecule has 2 aromatic heterocycles. The van der Waals surface area contributed by atoms with Crippen LogP contribution in [0.5, 0.6) is 0 Å². The lowest BCUT2D eigenvalue weighted by atomic mass is 10.2. The molecule has 0 saturated carbocycles. The number of rotatable bonds is 6. The Morgan fingerprint density at radius 3 is 3.09 bits per heavy atom. The highest BCUT2D eigenvalue weighted by Crippen LogP contribution is 2.12. The molecule has 0 spiro atoms. The fraction of sp³-hybridized carbons (Fsp3) is 0.375. The highest BCUT2D eigenvalue weighted by Gasteiger charge is 2.15. The molecule has 3 heterocycles. The summed E-state index contributed by atoms with van der Waals surface area (Å²) < 4.78 is 5.54. The van der Waals surface area contributed by atoms with E-state index in [4.69, 9.17) is 4.74 Å². The van der Waals surface area contributed by atoms with Crippen LogP contribution in [0.15, 0.2) is 36.8 Å². The molecule has 1 fully saturated rings. The van der Waals surface area contributed by atoms with Crippen LogP contribution in [-0.4, -0.2) is 40.1 Å². The van der Waals surface area contributed by atoms with Crippen LogP contribution in [-0.2, 0) is 11.3 Å². The first-order valence-corrected chi connectivity index (χ1v) is 7.67. The van der Waals surface area contributed by atoms with Crippen molar-refractivity contribution in [3.63, 3.8) is 0 Å². The molecule has 7 nitrogen and oxygen atoms in total. The molecule has 1 unspecified atom stereocenters. The first kappa shape index (κ1) is 15.4. The quantitative estimate of drug-likeness (QED) is 0.838. The summed E-state index contributed by atoms with van der Waals surface area (Å²) in [6, 6.07) is 5.33. The van der Waals surface area contributed by atoms with Gasteiger partial charge in [-0.15, -0.1) is 0 Å². The highest BCUT2D eigenvalue weighted by atomic mass is 16.5. The maximum absolute atomic E-state index is 12.2. The first-order valence-electron chi connectivity index (χ1n) is 7.67. The van der Waals surface area contributed by atoms with Crippen LogP contribution in [0, 0.1) is 0 Å². The van der Waals surface area contributed by atoms with E-state index in [0.717, 1.165) is 25.0 Å². The van der Waals surface area contributed by atoms with Crippen molar-refractivity contribution in [2.45, 2.75) is 25.5 Å². The summed E-state index contributed by atoms with van der Waals surface area (Å²) in [4.78, 5) is 24.5. The number of nitrogens with zero attached hydrogens (tertiary/aromatic N) is 3. The van der Waals surface area contributed by atoms with Crippen molar-refractivity contribution in [1.29, 1.82) is 0 Å². The summed E-state index contributed by atoms with van der Waals surface area (Å²) in [6.07, 6.45) is 7.31. The topological polar surface area (TPSA) is 89.0 Å². The van der Waals surface area contributed by atoms with Crippen LogP contribution >= 0.6 is 0 Å². The molecule has 3 rings (SSSR count). The van der Waals surface area contributed by atoms with Crippen molar-refractivity contribution in [2.75, 3.05) is 18.5 Å².